The highest BCUT2D eigenvalue weighted by Crippen LogP contribution is 2.21. The van der Waals surface area contributed by atoms with Crippen molar-refractivity contribution in [2.75, 3.05) is 6.61 Å². The van der Waals surface area contributed by atoms with Crippen LogP contribution in [0.5, 0.6) is 5.88 Å². The molecular formula is C17H16F3N5O2. The normalized spacial score (nSPS) is 11.7. The Bertz CT molecular complexity index is 984. The standard InChI is InChI=1S/C17H16F3N5O2/c1-10-4-11(6-23-16(10)27-9-17(18,19)20)7-25-8-12-13(24-25)2-3-22-14(12)5-15(21)26/h2-4,6,8H,5,7,9H2,1H3,(H2,21,26). The number of carbonyl (C=O) groups excluding carboxylic acids is 1. The number of hydrogen-bond acceptors (Lipinski definition) is 5. The molecule has 0 radical (unpaired) electrons. The van der Waals surface area contributed by atoms with Gasteiger partial charge in [0.1, 0.15) is 0 Å². The van der Waals surface area contributed by atoms with Gasteiger partial charge in [-0.15, -0.1) is 0 Å². The van der Waals surface area contributed by atoms with Crippen molar-refractivity contribution >= 4 is 16.8 Å². The number of nitrogens with zero attached hydrogens (tertiary/aromatic N) is 4. The molecule has 0 saturated carbocycles. The molecule has 0 spiro atoms. The number of nitrogens with two attached hydrogens (primary N) is 1. The van der Waals surface area contributed by atoms with Crippen molar-refractivity contribution in [2.24, 2.45) is 5.73 Å². The third-order valence-electron chi connectivity index (χ3n) is 3.71. The Hall–Kier alpha value is -3.17. The summed E-state index contributed by atoms with van der Waals surface area (Å²) in [6, 6.07) is 3.40. The molecule has 3 aromatic rings. The van der Waals surface area contributed by atoms with Gasteiger partial charge in [-0.05, 0) is 24.6 Å². The first kappa shape index (κ1) is 18.6. The molecule has 1 amide bonds. The second-order valence-electron chi connectivity index (χ2n) is 6.03. The van der Waals surface area contributed by atoms with Crippen molar-refractivity contribution in [1.29, 1.82) is 0 Å². The van der Waals surface area contributed by atoms with Gasteiger partial charge in [0.05, 0.1) is 24.2 Å². The number of alkyl halides is 3. The lowest BCUT2D eigenvalue weighted by molar-refractivity contribution is -0.154. The van der Waals surface area contributed by atoms with Gasteiger partial charge in [0, 0.05) is 29.5 Å². The van der Waals surface area contributed by atoms with Crippen LogP contribution in [0.4, 0.5) is 13.2 Å². The van der Waals surface area contributed by atoms with Gasteiger partial charge in [0.2, 0.25) is 11.8 Å². The predicted octanol–water partition coefficient (Wildman–Crippen LogP) is 2.15. The number of pyridine rings is 2. The van der Waals surface area contributed by atoms with Gasteiger partial charge in [-0.1, -0.05) is 0 Å². The number of rotatable bonds is 6. The lowest BCUT2D eigenvalue weighted by Crippen LogP contribution is -2.20. The summed E-state index contributed by atoms with van der Waals surface area (Å²) >= 11 is 0. The molecule has 0 aliphatic rings. The van der Waals surface area contributed by atoms with E-state index in [9.17, 15) is 18.0 Å². The van der Waals surface area contributed by atoms with Crippen molar-refractivity contribution < 1.29 is 22.7 Å². The van der Waals surface area contributed by atoms with Crippen LogP contribution in [0.15, 0.2) is 30.7 Å². The van der Waals surface area contributed by atoms with Crippen LogP contribution in [0.1, 0.15) is 16.8 Å². The molecule has 3 rings (SSSR count). The fourth-order valence-electron chi connectivity index (χ4n) is 2.63. The summed E-state index contributed by atoms with van der Waals surface area (Å²) in [6.07, 6.45) is 0.321. The first-order chi connectivity index (χ1) is 12.7. The smallest absolute Gasteiger partial charge is 0.422 e. The van der Waals surface area contributed by atoms with Crippen LogP contribution in [-0.4, -0.2) is 38.4 Å². The molecule has 2 N–H and O–H groups in total. The van der Waals surface area contributed by atoms with Crippen molar-refractivity contribution in [1.82, 2.24) is 19.7 Å². The number of aryl methyl sites for hydroxylation is 1. The molecule has 0 atom stereocenters. The molecule has 0 aromatic carbocycles. The topological polar surface area (TPSA) is 95.9 Å². The highest BCUT2D eigenvalue weighted by atomic mass is 19.4. The van der Waals surface area contributed by atoms with Gasteiger partial charge in [0.25, 0.3) is 0 Å². The van der Waals surface area contributed by atoms with E-state index in [-0.39, 0.29) is 12.3 Å². The van der Waals surface area contributed by atoms with Gasteiger partial charge in [-0.3, -0.25) is 14.5 Å². The number of halogens is 3. The van der Waals surface area contributed by atoms with E-state index in [2.05, 4.69) is 15.1 Å². The zero-order valence-corrected chi connectivity index (χ0v) is 14.3. The fraction of sp³-hybridized carbons (Fsp3) is 0.294. The number of carbonyl (C=O) groups is 1. The first-order valence-corrected chi connectivity index (χ1v) is 7.96. The number of aromatic nitrogens is 4. The van der Waals surface area contributed by atoms with Gasteiger partial charge in [-0.25, -0.2) is 4.98 Å². The van der Waals surface area contributed by atoms with Crippen LogP contribution in [0.2, 0.25) is 0 Å². The molecule has 3 heterocycles. The minimum absolute atomic E-state index is 0.00887. The Morgan fingerprint density at radius 1 is 1.33 bits per heavy atom. The second-order valence-corrected chi connectivity index (χ2v) is 6.03. The molecule has 0 aliphatic carbocycles. The first-order valence-electron chi connectivity index (χ1n) is 7.96. The van der Waals surface area contributed by atoms with E-state index in [1.54, 1.807) is 36.1 Å². The third kappa shape index (κ3) is 4.72. The summed E-state index contributed by atoms with van der Waals surface area (Å²) in [7, 11) is 0. The van der Waals surface area contributed by atoms with Gasteiger partial charge < -0.3 is 10.5 Å². The second kappa shape index (κ2) is 7.22. The van der Waals surface area contributed by atoms with E-state index in [1.807, 2.05) is 0 Å². The Morgan fingerprint density at radius 2 is 2.11 bits per heavy atom. The lowest BCUT2D eigenvalue weighted by atomic mass is 10.2. The number of primary amides is 1. The van der Waals surface area contributed by atoms with Crippen LogP contribution in [0.3, 0.4) is 0 Å². The van der Waals surface area contributed by atoms with Crippen molar-refractivity contribution in [3.8, 4) is 5.88 Å². The molecule has 142 valence electrons. The van der Waals surface area contributed by atoms with E-state index < -0.39 is 18.7 Å². The molecule has 0 saturated heterocycles. The van der Waals surface area contributed by atoms with Gasteiger partial charge >= 0.3 is 6.18 Å². The molecule has 3 aromatic heterocycles. The van der Waals surface area contributed by atoms with Crippen molar-refractivity contribution in [3.63, 3.8) is 0 Å². The zero-order chi connectivity index (χ0) is 19.6. The molecule has 0 bridgehead atoms. The summed E-state index contributed by atoms with van der Waals surface area (Å²) in [4.78, 5) is 19.3. The van der Waals surface area contributed by atoms with E-state index >= 15 is 0 Å². The lowest BCUT2D eigenvalue weighted by Gasteiger charge is -2.11. The Kier molecular flexibility index (Phi) is 4.98. The summed E-state index contributed by atoms with van der Waals surface area (Å²) in [6.45, 7) is 0.579. The molecule has 0 unspecified atom stereocenters. The zero-order valence-electron chi connectivity index (χ0n) is 14.3. The SMILES string of the molecule is Cc1cc(Cn2cc3c(CC(N)=O)nccc3n2)cnc1OCC(F)(F)F. The maximum atomic E-state index is 12.3. The van der Waals surface area contributed by atoms with Gasteiger partial charge in [0.15, 0.2) is 6.61 Å². The molecule has 27 heavy (non-hydrogen) atoms. The maximum absolute atomic E-state index is 12.3. The Labute approximate surface area is 152 Å². The Morgan fingerprint density at radius 3 is 2.78 bits per heavy atom. The number of ether oxygens (including phenoxy) is 1. The molecular weight excluding hydrogens is 363 g/mol. The number of hydrogen-bond donors (Lipinski definition) is 1. The highest BCUT2D eigenvalue weighted by molar-refractivity contribution is 5.85. The van der Waals surface area contributed by atoms with Gasteiger partial charge in [-0.2, -0.15) is 18.3 Å². The highest BCUT2D eigenvalue weighted by Gasteiger charge is 2.29. The monoisotopic (exact) mass is 379 g/mol. The minimum Gasteiger partial charge on any atom is -0.468 e. The van der Waals surface area contributed by atoms with Crippen LogP contribution in [0, 0.1) is 6.92 Å². The largest absolute Gasteiger partial charge is 0.468 e. The van der Waals surface area contributed by atoms with Crippen molar-refractivity contribution in [2.45, 2.75) is 26.1 Å². The summed E-state index contributed by atoms with van der Waals surface area (Å²) in [5.41, 5.74) is 7.66. The van der Waals surface area contributed by atoms with Crippen molar-refractivity contribution in [3.05, 3.63) is 47.5 Å². The summed E-state index contributed by atoms with van der Waals surface area (Å²) in [5, 5.41) is 5.13. The average molecular weight is 379 g/mol. The predicted molar refractivity (Wildman–Crippen MR) is 90.1 cm³/mol. The summed E-state index contributed by atoms with van der Waals surface area (Å²) in [5.74, 6) is -0.549. The van der Waals surface area contributed by atoms with Crippen LogP contribution >= 0.6 is 0 Å². The third-order valence-corrected chi connectivity index (χ3v) is 3.71. The van der Waals surface area contributed by atoms with E-state index in [4.69, 9.17) is 10.5 Å². The fourth-order valence-corrected chi connectivity index (χ4v) is 2.63. The quantitative estimate of drug-likeness (QED) is 0.708. The summed E-state index contributed by atoms with van der Waals surface area (Å²) < 4.78 is 43.1. The Balaban J connectivity index is 1.79. The molecule has 7 nitrogen and oxygen atoms in total. The van der Waals surface area contributed by atoms with E-state index in [0.717, 1.165) is 5.56 Å². The van der Waals surface area contributed by atoms with E-state index in [0.29, 0.717) is 28.7 Å². The number of amides is 1. The molecule has 10 heteroatoms. The van der Waals surface area contributed by atoms with Crippen LogP contribution in [0.25, 0.3) is 10.9 Å². The minimum atomic E-state index is -4.42. The van der Waals surface area contributed by atoms with Crippen LogP contribution < -0.4 is 10.5 Å². The molecule has 0 aliphatic heterocycles. The van der Waals surface area contributed by atoms with E-state index in [1.165, 1.54) is 6.20 Å². The molecule has 0 fully saturated rings. The van der Waals surface area contributed by atoms with Crippen LogP contribution in [-0.2, 0) is 17.8 Å². The maximum Gasteiger partial charge on any atom is 0.422 e. The average Bonchev–Trinajstić information content (AvgIpc) is 2.96. The number of fused-ring (bicyclic) bond motifs is 1.